The van der Waals surface area contributed by atoms with E-state index in [1.165, 1.54) is 12.3 Å². The highest BCUT2D eigenvalue weighted by Crippen LogP contribution is 2.04. The quantitative estimate of drug-likeness (QED) is 0.757. The molecule has 0 saturated carbocycles. The lowest BCUT2D eigenvalue weighted by Crippen LogP contribution is -2.35. The molecule has 1 rings (SSSR count). The van der Waals surface area contributed by atoms with Gasteiger partial charge in [-0.05, 0) is 32.4 Å². The van der Waals surface area contributed by atoms with Crippen molar-refractivity contribution in [3.8, 4) is 0 Å². The number of hydrogen-bond acceptors (Lipinski definition) is 2. The fourth-order valence-corrected chi connectivity index (χ4v) is 0.920. The van der Waals surface area contributed by atoms with Gasteiger partial charge in [0.15, 0.2) is 0 Å². The van der Waals surface area contributed by atoms with E-state index in [1.807, 2.05) is 0 Å². The maximum Gasteiger partial charge on any atom is 0.141 e. The van der Waals surface area contributed by atoms with Gasteiger partial charge in [-0.15, -0.1) is 0 Å². The number of halogens is 1. The van der Waals surface area contributed by atoms with Gasteiger partial charge in [0.1, 0.15) is 5.82 Å². The minimum Gasteiger partial charge on any atom is -0.308 e. The molecule has 0 amide bonds. The molecule has 1 heterocycles. The highest BCUT2D eigenvalue weighted by molar-refractivity contribution is 5.10. The molecule has 0 radical (unpaired) electrons. The predicted molar refractivity (Wildman–Crippen MR) is 50.8 cm³/mol. The summed E-state index contributed by atoms with van der Waals surface area (Å²) < 4.78 is 12.7. The maximum absolute atomic E-state index is 12.7. The highest BCUT2D eigenvalue weighted by atomic mass is 19.1. The number of pyridine rings is 1. The zero-order valence-electron chi connectivity index (χ0n) is 8.26. The minimum atomic E-state index is -0.284. The van der Waals surface area contributed by atoms with Crippen LogP contribution in [0, 0.1) is 5.82 Å². The first-order valence-corrected chi connectivity index (χ1v) is 4.32. The van der Waals surface area contributed by atoms with Crippen LogP contribution in [0.15, 0.2) is 18.5 Å². The molecule has 0 aliphatic rings. The predicted octanol–water partition coefficient (Wildman–Crippen LogP) is 2.11. The van der Waals surface area contributed by atoms with Gasteiger partial charge in [-0.1, -0.05) is 0 Å². The van der Waals surface area contributed by atoms with Gasteiger partial charge in [-0.3, -0.25) is 4.98 Å². The monoisotopic (exact) mass is 182 g/mol. The van der Waals surface area contributed by atoms with Crippen LogP contribution < -0.4 is 5.32 Å². The molecule has 0 aromatic carbocycles. The highest BCUT2D eigenvalue weighted by Gasteiger charge is 2.08. The molecule has 3 heteroatoms. The van der Waals surface area contributed by atoms with Gasteiger partial charge >= 0.3 is 0 Å². The Labute approximate surface area is 78.2 Å². The summed E-state index contributed by atoms with van der Waals surface area (Å²) in [6.45, 7) is 6.85. The molecule has 2 nitrogen and oxygen atoms in total. The van der Waals surface area contributed by atoms with E-state index >= 15 is 0 Å². The summed E-state index contributed by atoms with van der Waals surface area (Å²) in [6, 6.07) is 1.49. The standard InChI is InChI=1S/C10H15FN2/c1-10(2,3)13-6-8-4-9(11)7-12-5-8/h4-5,7,13H,6H2,1-3H3. The van der Waals surface area contributed by atoms with Crippen LogP contribution in [0.25, 0.3) is 0 Å². The van der Waals surface area contributed by atoms with E-state index in [1.54, 1.807) is 6.20 Å². The average molecular weight is 182 g/mol. The van der Waals surface area contributed by atoms with Crippen LogP contribution in [0.5, 0.6) is 0 Å². The molecule has 0 aliphatic carbocycles. The van der Waals surface area contributed by atoms with E-state index in [4.69, 9.17) is 0 Å². The second-order valence-corrected chi connectivity index (χ2v) is 4.11. The number of hydrogen-bond donors (Lipinski definition) is 1. The fourth-order valence-electron chi connectivity index (χ4n) is 0.920. The van der Waals surface area contributed by atoms with Crippen LogP contribution in [0.1, 0.15) is 26.3 Å². The molecule has 0 saturated heterocycles. The minimum absolute atomic E-state index is 0.0479. The van der Waals surface area contributed by atoms with Crippen LogP contribution >= 0.6 is 0 Å². The summed E-state index contributed by atoms with van der Waals surface area (Å²) in [5.74, 6) is -0.284. The zero-order chi connectivity index (χ0) is 9.90. The van der Waals surface area contributed by atoms with Gasteiger partial charge in [0.2, 0.25) is 0 Å². The van der Waals surface area contributed by atoms with Crippen molar-refractivity contribution in [3.05, 3.63) is 29.8 Å². The third-order valence-corrected chi connectivity index (χ3v) is 1.58. The van der Waals surface area contributed by atoms with E-state index in [0.717, 1.165) is 5.56 Å². The number of aromatic nitrogens is 1. The Kier molecular flexibility index (Phi) is 2.98. The molecule has 0 atom stereocenters. The van der Waals surface area contributed by atoms with E-state index in [9.17, 15) is 4.39 Å². The van der Waals surface area contributed by atoms with E-state index in [-0.39, 0.29) is 11.4 Å². The molecule has 1 aromatic heterocycles. The average Bonchev–Trinajstić information content (AvgIpc) is 2.00. The summed E-state index contributed by atoms with van der Waals surface area (Å²) >= 11 is 0. The summed E-state index contributed by atoms with van der Waals surface area (Å²) in [6.07, 6.45) is 2.88. The Bertz CT molecular complexity index is 278. The lowest BCUT2D eigenvalue weighted by Gasteiger charge is -2.20. The molecule has 72 valence electrons. The van der Waals surface area contributed by atoms with Gasteiger partial charge < -0.3 is 5.32 Å². The first-order chi connectivity index (χ1) is 5.97. The van der Waals surface area contributed by atoms with Crippen molar-refractivity contribution in [2.45, 2.75) is 32.9 Å². The molecule has 0 bridgehead atoms. The van der Waals surface area contributed by atoms with Gasteiger partial charge in [0, 0.05) is 18.3 Å². The van der Waals surface area contributed by atoms with Crippen LogP contribution in [-0.2, 0) is 6.54 Å². The molecule has 0 aliphatic heterocycles. The van der Waals surface area contributed by atoms with Crippen molar-refractivity contribution in [1.82, 2.24) is 10.3 Å². The first kappa shape index (κ1) is 10.1. The van der Waals surface area contributed by atoms with Crippen LogP contribution in [0.3, 0.4) is 0 Å². The smallest absolute Gasteiger partial charge is 0.141 e. The van der Waals surface area contributed by atoms with Crippen molar-refractivity contribution < 1.29 is 4.39 Å². The second kappa shape index (κ2) is 3.83. The second-order valence-electron chi connectivity index (χ2n) is 4.11. The SMILES string of the molecule is CC(C)(C)NCc1cncc(F)c1. The zero-order valence-corrected chi connectivity index (χ0v) is 8.26. The molecule has 0 fully saturated rings. The van der Waals surface area contributed by atoms with Crippen molar-refractivity contribution in [2.24, 2.45) is 0 Å². The Balaban J connectivity index is 2.55. The van der Waals surface area contributed by atoms with Crippen molar-refractivity contribution in [1.29, 1.82) is 0 Å². The third-order valence-electron chi connectivity index (χ3n) is 1.58. The van der Waals surface area contributed by atoms with Crippen LogP contribution in [0.4, 0.5) is 4.39 Å². The molecule has 13 heavy (non-hydrogen) atoms. The van der Waals surface area contributed by atoms with E-state index < -0.39 is 0 Å². The number of nitrogens with zero attached hydrogens (tertiary/aromatic N) is 1. The normalized spacial score (nSPS) is 11.7. The molecule has 0 spiro atoms. The third kappa shape index (κ3) is 3.99. The Hall–Kier alpha value is -0.960. The van der Waals surface area contributed by atoms with Gasteiger partial charge in [-0.2, -0.15) is 0 Å². The van der Waals surface area contributed by atoms with Gasteiger partial charge in [0.25, 0.3) is 0 Å². The largest absolute Gasteiger partial charge is 0.308 e. The van der Waals surface area contributed by atoms with Crippen molar-refractivity contribution in [2.75, 3.05) is 0 Å². The maximum atomic E-state index is 12.7. The fraction of sp³-hybridized carbons (Fsp3) is 0.500. The van der Waals surface area contributed by atoms with Crippen LogP contribution in [-0.4, -0.2) is 10.5 Å². The molecular formula is C10H15FN2. The van der Waals surface area contributed by atoms with Gasteiger partial charge in [-0.25, -0.2) is 4.39 Å². The number of nitrogens with one attached hydrogen (secondary N) is 1. The Morgan fingerprint density at radius 3 is 2.62 bits per heavy atom. The van der Waals surface area contributed by atoms with E-state index in [0.29, 0.717) is 6.54 Å². The Morgan fingerprint density at radius 2 is 2.08 bits per heavy atom. The number of rotatable bonds is 2. The molecule has 0 unspecified atom stereocenters. The molecule has 1 N–H and O–H groups in total. The summed E-state index contributed by atoms with van der Waals surface area (Å²) in [7, 11) is 0. The summed E-state index contributed by atoms with van der Waals surface area (Å²) in [5, 5.41) is 3.26. The lowest BCUT2D eigenvalue weighted by atomic mass is 10.1. The lowest BCUT2D eigenvalue weighted by molar-refractivity contribution is 0.423. The summed E-state index contributed by atoms with van der Waals surface area (Å²) in [4.78, 5) is 3.77. The van der Waals surface area contributed by atoms with Crippen molar-refractivity contribution >= 4 is 0 Å². The first-order valence-electron chi connectivity index (χ1n) is 4.32. The molecule has 1 aromatic rings. The summed E-state index contributed by atoms with van der Waals surface area (Å²) in [5.41, 5.74) is 0.918. The topological polar surface area (TPSA) is 24.9 Å². The van der Waals surface area contributed by atoms with Gasteiger partial charge in [0.05, 0.1) is 6.20 Å². The Morgan fingerprint density at radius 1 is 1.38 bits per heavy atom. The van der Waals surface area contributed by atoms with Crippen molar-refractivity contribution in [3.63, 3.8) is 0 Å². The molecular weight excluding hydrogens is 167 g/mol. The van der Waals surface area contributed by atoms with Crippen LogP contribution in [0.2, 0.25) is 0 Å². The van der Waals surface area contributed by atoms with E-state index in [2.05, 4.69) is 31.1 Å².